The van der Waals surface area contributed by atoms with Crippen molar-refractivity contribution in [2.75, 3.05) is 6.26 Å². The highest BCUT2D eigenvalue weighted by Crippen LogP contribution is 2.26. The number of amides is 1. The van der Waals surface area contributed by atoms with Gasteiger partial charge in [-0.05, 0) is 31.9 Å². The van der Waals surface area contributed by atoms with Crippen molar-refractivity contribution in [1.82, 2.24) is 10.3 Å². The van der Waals surface area contributed by atoms with E-state index < -0.39 is 9.84 Å². The summed E-state index contributed by atoms with van der Waals surface area (Å²) in [5.41, 5.74) is 1.42. The topological polar surface area (TPSA) is 102 Å². The van der Waals surface area contributed by atoms with Crippen LogP contribution in [0, 0.1) is 5.92 Å². The first-order valence-corrected chi connectivity index (χ1v) is 12.7. The third-order valence-electron chi connectivity index (χ3n) is 5.05. The Morgan fingerprint density at radius 3 is 2.53 bits per heavy atom. The summed E-state index contributed by atoms with van der Waals surface area (Å²) in [7, 11) is -3.24. The smallest absolute Gasteiger partial charge is 0.308 e. The number of carbonyl (C=O) groups is 2. The first-order chi connectivity index (χ1) is 14.2. The Balaban J connectivity index is 1.47. The number of sulfone groups is 1. The van der Waals surface area contributed by atoms with Gasteiger partial charge in [0.2, 0.25) is 5.91 Å². The number of rotatable bonds is 8. The Morgan fingerprint density at radius 1 is 1.23 bits per heavy atom. The van der Waals surface area contributed by atoms with Crippen LogP contribution >= 0.6 is 11.3 Å². The van der Waals surface area contributed by atoms with E-state index in [9.17, 15) is 18.0 Å². The molecule has 1 N–H and O–H groups in total. The van der Waals surface area contributed by atoms with Gasteiger partial charge in [0.1, 0.15) is 11.6 Å². The van der Waals surface area contributed by atoms with E-state index in [1.807, 2.05) is 0 Å². The maximum atomic E-state index is 12.1. The van der Waals surface area contributed by atoms with Gasteiger partial charge in [-0.2, -0.15) is 0 Å². The molecule has 1 fully saturated rings. The highest BCUT2D eigenvalue weighted by Gasteiger charge is 2.24. The van der Waals surface area contributed by atoms with Crippen molar-refractivity contribution in [3.8, 4) is 10.6 Å². The first kappa shape index (κ1) is 22.4. The van der Waals surface area contributed by atoms with Crippen molar-refractivity contribution in [3.63, 3.8) is 0 Å². The van der Waals surface area contributed by atoms with Crippen LogP contribution in [0.25, 0.3) is 10.6 Å². The molecular weight excluding hydrogens is 424 g/mol. The molecule has 0 unspecified atom stereocenters. The Hall–Kier alpha value is -2.26. The number of hydrogen-bond acceptors (Lipinski definition) is 7. The van der Waals surface area contributed by atoms with Gasteiger partial charge in [-0.25, -0.2) is 13.4 Å². The Morgan fingerprint density at radius 2 is 1.90 bits per heavy atom. The standard InChI is InChI=1S/C21H26N2O5S2/c1-14(22-20(25)15-5-3-4-6-15)11-19(24)28-12-17-13-29-21(23-17)16-7-9-18(10-8-16)30(2,26)27/h7-10,13-15H,3-6,11-12H2,1-2H3,(H,22,25)/t14-/m1/s1. The third-order valence-corrected chi connectivity index (χ3v) is 7.12. The number of benzene rings is 1. The largest absolute Gasteiger partial charge is 0.459 e. The van der Waals surface area contributed by atoms with E-state index in [1.54, 1.807) is 36.6 Å². The predicted octanol–water partition coefficient (Wildman–Crippen LogP) is 3.34. The number of hydrogen-bond donors (Lipinski definition) is 1. The fourth-order valence-corrected chi connectivity index (χ4v) is 4.85. The van der Waals surface area contributed by atoms with E-state index in [2.05, 4.69) is 10.3 Å². The zero-order valence-electron chi connectivity index (χ0n) is 17.1. The van der Waals surface area contributed by atoms with Crippen LogP contribution in [0.15, 0.2) is 34.5 Å². The summed E-state index contributed by atoms with van der Waals surface area (Å²) in [6.07, 6.45) is 5.30. The number of thiazole rings is 1. The molecule has 9 heteroatoms. The second-order valence-corrected chi connectivity index (χ2v) is 10.6. The minimum absolute atomic E-state index is 0.0267. The highest BCUT2D eigenvalue weighted by atomic mass is 32.2. The molecule has 0 aliphatic heterocycles. The van der Waals surface area contributed by atoms with Crippen LogP contribution < -0.4 is 5.32 Å². The summed E-state index contributed by atoms with van der Waals surface area (Å²) in [5.74, 6) is -0.288. The molecule has 30 heavy (non-hydrogen) atoms. The summed E-state index contributed by atoms with van der Waals surface area (Å²) in [5, 5.41) is 5.42. The number of nitrogens with one attached hydrogen (secondary N) is 1. The molecule has 3 rings (SSSR count). The van der Waals surface area contributed by atoms with Gasteiger partial charge in [-0.15, -0.1) is 11.3 Å². The van der Waals surface area contributed by atoms with Crippen LogP contribution in [-0.2, 0) is 30.8 Å². The lowest BCUT2D eigenvalue weighted by atomic mass is 10.1. The SMILES string of the molecule is C[C@H](CC(=O)OCc1csc(-c2ccc(S(C)(=O)=O)cc2)n1)NC(=O)C1CCCC1. The third kappa shape index (κ3) is 6.12. The van der Waals surface area contributed by atoms with E-state index in [0.717, 1.165) is 36.3 Å². The van der Waals surface area contributed by atoms with E-state index in [0.29, 0.717) is 5.69 Å². The zero-order chi connectivity index (χ0) is 21.7. The number of ether oxygens (including phenoxy) is 1. The second kappa shape index (κ2) is 9.70. The monoisotopic (exact) mass is 450 g/mol. The van der Waals surface area contributed by atoms with Gasteiger partial charge in [-0.3, -0.25) is 9.59 Å². The fraction of sp³-hybridized carbons (Fsp3) is 0.476. The van der Waals surface area contributed by atoms with E-state index in [-0.39, 0.29) is 41.8 Å². The Bertz CT molecular complexity index is 993. The summed E-state index contributed by atoms with van der Waals surface area (Å²) >= 11 is 1.40. The van der Waals surface area contributed by atoms with Gasteiger partial charge in [0, 0.05) is 29.2 Å². The van der Waals surface area contributed by atoms with E-state index in [1.165, 1.54) is 17.6 Å². The minimum Gasteiger partial charge on any atom is -0.459 e. The van der Waals surface area contributed by atoms with E-state index >= 15 is 0 Å². The summed E-state index contributed by atoms with van der Waals surface area (Å²) in [6, 6.07) is 6.24. The molecule has 1 aromatic carbocycles. The predicted molar refractivity (Wildman–Crippen MR) is 115 cm³/mol. The van der Waals surface area contributed by atoms with Crippen LogP contribution in [0.5, 0.6) is 0 Å². The maximum absolute atomic E-state index is 12.1. The molecule has 1 aromatic heterocycles. The Kier molecular flexibility index (Phi) is 7.25. The van der Waals surface area contributed by atoms with Crippen LogP contribution in [0.2, 0.25) is 0 Å². The summed E-state index contributed by atoms with van der Waals surface area (Å²) < 4.78 is 28.4. The molecule has 0 radical (unpaired) electrons. The normalized spacial score (nSPS) is 15.7. The molecule has 162 valence electrons. The van der Waals surface area contributed by atoms with Crippen LogP contribution in [0.3, 0.4) is 0 Å². The number of esters is 1. The van der Waals surface area contributed by atoms with Crippen LogP contribution in [0.4, 0.5) is 0 Å². The molecule has 1 heterocycles. The molecule has 1 atom stereocenters. The average molecular weight is 451 g/mol. The van der Waals surface area contributed by atoms with Gasteiger partial charge in [0.25, 0.3) is 0 Å². The zero-order valence-corrected chi connectivity index (χ0v) is 18.7. The van der Waals surface area contributed by atoms with Gasteiger partial charge >= 0.3 is 5.97 Å². The van der Waals surface area contributed by atoms with Crippen molar-refractivity contribution in [1.29, 1.82) is 0 Å². The Labute approximate surface area is 180 Å². The fourth-order valence-electron chi connectivity index (χ4n) is 3.41. The molecule has 1 saturated carbocycles. The summed E-state index contributed by atoms with van der Waals surface area (Å²) in [4.78, 5) is 28.9. The van der Waals surface area contributed by atoms with Crippen molar-refractivity contribution in [2.24, 2.45) is 5.92 Å². The molecule has 0 saturated heterocycles. The van der Waals surface area contributed by atoms with Crippen molar-refractivity contribution >= 4 is 33.1 Å². The molecular formula is C21H26N2O5S2. The van der Waals surface area contributed by atoms with E-state index in [4.69, 9.17) is 4.74 Å². The number of carbonyl (C=O) groups excluding carboxylic acids is 2. The van der Waals surface area contributed by atoms with Crippen molar-refractivity contribution in [2.45, 2.75) is 56.6 Å². The van der Waals surface area contributed by atoms with Gasteiger partial charge in [0.15, 0.2) is 9.84 Å². The van der Waals surface area contributed by atoms with Gasteiger partial charge in [0.05, 0.1) is 17.0 Å². The number of aromatic nitrogens is 1. The minimum atomic E-state index is -3.24. The molecule has 2 aromatic rings. The lowest BCUT2D eigenvalue weighted by Gasteiger charge is -2.16. The molecule has 7 nitrogen and oxygen atoms in total. The molecule has 1 aliphatic rings. The van der Waals surface area contributed by atoms with Crippen molar-refractivity contribution in [3.05, 3.63) is 35.3 Å². The quantitative estimate of drug-likeness (QED) is 0.619. The molecule has 1 aliphatic carbocycles. The molecule has 1 amide bonds. The summed E-state index contributed by atoms with van der Waals surface area (Å²) in [6.45, 7) is 1.86. The first-order valence-electron chi connectivity index (χ1n) is 9.93. The van der Waals surface area contributed by atoms with Crippen LogP contribution in [-0.4, -0.2) is 37.6 Å². The average Bonchev–Trinajstić information content (AvgIpc) is 3.38. The highest BCUT2D eigenvalue weighted by molar-refractivity contribution is 7.90. The maximum Gasteiger partial charge on any atom is 0.308 e. The second-order valence-electron chi connectivity index (χ2n) is 7.70. The van der Waals surface area contributed by atoms with Gasteiger partial charge < -0.3 is 10.1 Å². The number of nitrogens with zero attached hydrogens (tertiary/aromatic N) is 1. The lowest BCUT2D eigenvalue weighted by molar-refractivity contribution is -0.145. The molecule has 0 bridgehead atoms. The van der Waals surface area contributed by atoms with Gasteiger partial charge in [-0.1, -0.05) is 25.0 Å². The van der Waals surface area contributed by atoms with Crippen LogP contribution in [0.1, 0.15) is 44.7 Å². The molecule has 0 spiro atoms. The lowest BCUT2D eigenvalue weighted by Crippen LogP contribution is -2.37. The van der Waals surface area contributed by atoms with Crippen molar-refractivity contribution < 1.29 is 22.7 Å².